The fourth-order valence-corrected chi connectivity index (χ4v) is 1.32. The van der Waals surface area contributed by atoms with Crippen molar-refractivity contribution in [2.45, 2.75) is 6.10 Å². The lowest BCUT2D eigenvalue weighted by Gasteiger charge is -2.12. The average Bonchev–Trinajstić information content (AvgIpc) is 2.36. The molecule has 0 fully saturated rings. The molecule has 1 unspecified atom stereocenters. The van der Waals surface area contributed by atoms with Gasteiger partial charge in [0.05, 0.1) is 17.6 Å². The van der Waals surface area contributed by atoms with Crippen LogP contribution in [0.15, 0.2) is 12.3 Å². The number of anilines is 1. The number of nitrogens with zero attached hydrogens (tertiary/aromatic N) is 2. The summed E-state index contributed by atoms with van der Waals surface area (Å²) in [5.41, 5.74) is -0.751. The maximum Gasteiger partial charge on any atom is 0.339 e. The quantitative estimate of drug-likeness (QED) is 0.469. The van der Waals surface area contributed by atoms with E-state index in [1.165, 1.54) is 7.11 Å². The van der Waals surface area contributed by atoms with Gasteiger partial charge >= 0.3 is 5.97 Å². The Kier molecular flexibility index (Phi) is 5.15. The Balaban J connectivity index is 2.88. The van der Waals surface area contributed by atoms with Crippen LogP contribution in [0, 0.1) is 10.1 Å². The monoisotopic (exact) mass is 271 g/mol. The Bertz CT molecular complexity index is 478. The van der Waals surface area contributed by atoms with Crippen LogP contribution < -0.4 is 5.32 Å². The molecule has 9 heteroatoms. The second-order valence-corrected chi connectivity index (χ2v) is 3.64. The van der Waals surface area contributed by atoms with E-state index in [0.29, 0.717) is 0 Å². The molecule has 1 aromatic heterocycles. The molecule has 0 bridgehead atoms. The Morgan fingerprint density at radius 2 is 2.37 bits per heavy atom. The van der Waals surface area contributed by atoms with Crippen LogP contribution in [0.25, 0.3) is 0 Å². The van der Waals surface area contributed by atoms with E-state index in [1.54, 1.807) is 0 Å². The Labute approximate surface area is 108 Å². The molecule has 9 nitrogen and oxygen atoms in total. The molecule has 1 heterocycles. The lowest BCUT2D eigenvalue weighted by molar-refractivity contribution is -0.385. The van der Waals surface area contributed by atoms with Gasteiger partial charge in [0.2, 0.25) is 0 Å². The van der Waals surface area contributed by atoms with Crippen molar-refractivity contribution in [3.05, 3.63) is 27.9 Å². The highest BCUT2D eigenvalue weighted by Gasteiger charge is 2.18. The van der Waals surface area contributed by atoms with Crippen molar-refractivity contribution in [1.29, 1.82) is 0 Å². The standard InChI is InChI=1S/C10H13N3O6/c1-19-5-7(14)4-12-9-8(10(15)16)2-6(3-11-9)13(17)18/h2-3,7,14H,4-5H2,1H3,(H,11,12)(H,15,16). The third-order valence-corrected chi connectivity index (χ3v) is 2.18. The summed E-state index contributed by atoms with van der Waals surface area (Å²) in [4.78, 5) is 24.4. The number of aromatic carboxylic acids is 1. The number of pyridine rings is 1. The second-order valence-electron chi connectivity index (χ2n) is 3.64. The predicted octanol–water partition coefficient (Wildman–Crippen LogP) is 0.107. The van der Waals surface area contributed by atoms with E-state index in [0.717, 1.165) is 12.3 Å². The highest BCUT2D eigenvalue weighted by Crippen LogP contribution is 2.19. The number of rotatable bonds is 7. The summed E-state index contributed by atoms with van der Waals surface area (Å²) < 4.78 is 4.70. The number of carbonyl (C=O) groups is 1. The zero-order valence-electron chi connectivity index (χ0n) is 10.1. The average molecular weight is 271 g/mol. The molecule has 3 N–H and O–H groups in total. The molecule has 0 aromatic carbocycles. The molecule has 0 spiro atoms. The molecule has 19 heavy (non-hydrogen) atoms. The highest BCUT2D eigenvalue weighted by atomic mass is 16.6. The number of aromatic nitrogens is 1. The minimum Gasteiger partial charge on any atom is -0.478 e. The lowest BCUT2D eigenvalue weighted by Crippen LogP contribution is -2.25. The summed E-state index contributed by atoms with van der Waals surface area (Å²) in [6, 6.07) is 0.903. The van der Waals surface area contributed by atoms with E-state index in [1.807, 2.05) is 0 Å². The normalized spacial score (nSPS) is 11.9. The van der Waals surface area contributed by atoms with Crippen molar-refractivity contribution in [1.82, 2.24) is 4.98 Å². The Morgan fingerprint density at radius 1 is 1.68 bits per heavy atom. The van der Waals surface area contributed by atoms with E-state index in [9.17, 15) is 20.0 Å². The number of aliphatic hydroxyl groups excluding tert-OH is 1. The van der Waals surface area contributed by atoms with E-state index >= 15 is 0 Å². The van der Waals surface area contributed by atoms with Crippen molar-refractivity contribution < 1.29 is 24.7 Å². The summed E-state index contributed by atoms with van der Waals surface area (Å²) in [5, 5.41) is 31.5. The van der Waals surface area contributed by atoms with Gasteiger partial charge in [-0.25, -0.2) is 9.78 Å². The number of methoxy groups -OCH3 is 1. The van der Waals surface area contributed by atoms with Crippen LogP contribution in [0.4, 0.5) is 11.5 Å². The molecule has 104 valence electrons. The van der Waals surface area contributed by atoms with Crippen LogP contribution in [-0.2, 0) is 4.74 Å². The van der Waals surface area contributed by atoms with Gasteiger partial charge in [-0.2, -0.15) is 0 Å². The maximum absolute atomic E-state index is 11.0. The van der Waals surface area contributed by atoms with Gasteiger partial charge in [-0.3, -0.25) is 10.1 Å². The number of ether oxygens (including phenoxy) is 1. The fourth-order valence-electron chi connectivity index (χ4n) is 1.32. The molecular weight excluding hydrogens is 258 g/mol. The van der Waals surface area contributed by atoms with Crippen molar-refractivity contribution in [3.8, 4) is 0 Å². The second kappa shape index (κ2) is 6.61. The van der Waals surface area contributed by atoms with E-state index < -0.39 is 22.7 Å². The number of hydrogen-bond donors (Lipinski definition) is 3. The van der Waals surface area contributed by atoms with Gasteiger partial charge in [0.1, 0.15) is 17.6 Å². The van der Waals surface area contributed by atoms with E-state index in [4.69, 9.17) is 9.84 Å². The Hall–Kier alpha value is -2.26. The van der Waals surface area contributed by atoms with Crippen molar-refractivity contribution in [3.63, 3.8) is 0 Å². The van der Waals surface area contributed by atoms with Crippen LogP contribution in [0.5, 0.6) is 0 Å². The Morgan fingerprint density at radius 3 is 2.89 bits per heavy atom. The van der Waals surface area contributed by atoms with Crippen LogP contribution >= 0.6 is 0 Å². The zero-order chi connectivity index (χ0) is 14.4. The van der Waals surface area contributed by atoms with Gasteiger partial charge in [-0.1, -0.05) is 0 Å². The van der Waals surface area contributed by atoms with Gasteiger partial charge in [-0.15, -0.1) is 0 Å². The number of aliphatic hydroxyl groups is 1. The van der Waals surface area contributed by atoms with Gasteiger partial charge in [0, 0.05) is 19.7 Å². The van der Waals surface area contributed by atoms with Crippen molar-refractivity contribution in [2.75, 3.05) is 25.6 Å². The smallest absolute Gasteiger partial charge is 0.339 e. The first-order valence-electron chi connectivity index (χ1n) is 5.24. The fraction of sp³-hybridized carbons (Fsp3) is 0.400. The predicted molar refractivity (Wildman–Crippen MR) is 64.2 cm³/mol. The van der Waals surface area contributed by atoms with Crippen molar-refractivity contribution >= 4 is 17.5 Å². The minimum atomic E-state index is -1.35. The topological polar surface area (TPSA) is 135 Å². The third kappa shape index (κ3) is 4.16. The number of carboxylic acids is 1. The summed E-state index contributed by atoms with van der Waals surface area (Å²) >= 11 is 0. The molecule has 0 saturated carbocycles. The first-order chi connectivity index (χ1) is 8.95. The molecule has 0 radical (unpaired) electrons. The molecule has 1 atom stereocenters. The molecule has 0 aliphatic rings. The van der Waals surface area contributed by atoms with Gasteiger partial charge in [-0.05, 0) is 0 Å². The summed E-state index contributed by atoms with van der Waals surface area (Å²) in [6.45, 7) is 0.0846. The SMILES string of the molecule is COCC(O)CNc1ncc([N+](=O)[O-])cc1C(=O)O. The van der Waals surface area contributed by atoms with Gasteiger partial charge in [0.25, 0.3) is 5.69 Å². The van der Waals surface area contributed by atoms with Gasteiger partial charge in [0.15, 0.2) is 0 Å². The van der Waals surface area contributed by atoms with Crippen LogP contribution in [0.3, 0.4) is 0 Å². The van der Waals surface area contributed by atoms with E-state index in [2.05, 4.69) is 10.3 Å². The molecular formula is C10H13N3O6. The number of hydrogen-bond acceptors (Lipinski definition) is 7. The summed E-state index contributed by atoms with van der Waals surface area (Å²) in [5.74, 6) is -1.40. The maximum atomic E-state index is 11.0. The summed E-state index contributed by atoms with van der Waals surface area (Å²) in [7, 11) is 1.41. The number of nitro groups is 1. The van der Waals surface area contributed by atoms with Crippen LogP contribution in [0.2, 0.25) is 0 Å². The first kappa shape index (κ1) is 14.8. The van der Waals surface area contributed by atoms with E-state index in [-0.39, 0.29) is 24.5 Å². The van der Waals surface area contributed by atoms with Crippen LogP contribution in [-0.4, -0.2) is 52.5 Å². The minimum absolute atomic E-state index is 0.0128. The lowest BCUT2D eigenvalue weighted by atomic mass is 10.2. The van der Waals surface area contributed by atoms with Crippen LogP contribution in [0.1, 0.15) is 10.4 Å². The molecule has 0 amide bonds. The molecule has 1 rings (SSSR count). The zero-order valence-corrected chi connectivity index (χ0v) is 10.1. The third-order valence-electron chi connectivity index (χ3n) is 2.18. The highest BCUT2D eigenvalue weighted by molar-refractivity contribution is 5.93. The largest absolute Gasteiger partial charge is 0.478 e. The molecule has 1 aromatic rings. The van der Waals surface area contributed by atoms with Gasteiger partial charge < -0.3 is 20.3 Å². The number of nitrogens with one attached hydrogen (secondary N) is 1. The first-order valence-corrected chi connectivity index (χ1v) is 5.24. The molecule has 0 aliphatic heterocycles. The summed E-state index contributed by atoms with van der Waals surface area (Å²) in [6.07, 6.45) is 0.0981. The molecule has 0 saturated heterocycles. The number of carboxylic acid groups (broad SMARTS) is 1. The molecule has 0 aliphatic carbocycles. The van der Waals surface area contributed by atoms with Crippen molar-refractivity contribution in [2.24, 2.45) is 0 Å².